The van der Waals surface area contributed by atoms with Gasteiger partial charge >= 0.3 is 0 Å². The number of benzene rings is 1. The molecule has 1 aromatic rings. The molecule has 0 bridgehead atoms. The lowest BCUT2D eigenvalue weighted by molar-refractivity contribution is 0.0183. The van der Waals surface area contributed by atoms with Gasteiger partial charge in [-0.3, -0.25) is 0 Å². The number of alkyl halides is 2. The monoisotopic (exact) mass is 307 g/mol. The maximum absolute atomic E-state index is 11.8. The van der Waals surface area contributed by atoms with E-state index in [-0.39, 0.29) is 6.04 Å². The second-order valence-corrected chi connectivity index (χ2v) is 4.61. The Bertz CT molecular complexity index is 336. The van der Waals surface area contributed by atoms with Gasteiger partial charge in [0, 0.05) is 17.1 Å². The minimum absolute atomic E-state index is 0.169. The molecule has 0 saturated carbocycles. The Morgan fingerprint density at radius 2 is 2.18 bits per heavy atom. The SMILES string of the molecule is CC(NCCOCC(F)F)c1cccc(Br)c1. The van der Waals surface area contributed by atoms with Gasteiger partial charge in [-0.2, -0.15) is 0 Å². The minimum Gasteiger partial charge on any atom is -0.374 e. The van der Waals surface area contributed by atoms with E-state index in [0.717, 1.165) is 10.0 Å². The average Bonchev–Trinajstić information content (AvgIpc) is 2.28. The molecule has 0 aromatic heterocycles. The molecule has 0 heterocycles. The van der Waals surface area contributed by atoms with Crippen LogP contribution < -0.4 is 5.32 Å². The highest BCUT2D eigenvalue weighted by molar-refractivity contribution is 9.10. The van der Waals surface area contributed by atoms with Gasteiger partial charge < -0.3 is 10.1 Å². The Kier molecular flexibility index (Phi) is 6.62. The van der Waals surface area contributed by atoms with Crippen LogP contribution in [0.1, 0.15) is 18.5 Å². The molecule has 0 fully saturated rings. The van der Waals surface area contributed by atoms with Crippen molar-refractivity contribution in [2.75, 3.05) is 19.8 Å². The van der Waals surface area contributed by atoms with Crippen LogP contribution in [0.5, 0.6) is 0 Å². The summed E-state index contributed by atoms with van der Waals surface area (Å²) >= 11 is 3.40. The van der Waals surface area contributed by atoms with Crippen LogP contribution in [0.2, 0.25) is 0 Å². The number of hydrogen-bond donors (Lipinski definition) is 1. The number of ether oxygens (including phenoxy) is 1. The Balaban J connectivity index is 2.23. The molecule has 0 radical (unpaired) electrons. The average molecular weight is 308 g/mol. The zero-order chi connectivity index (χ0) is 12.7. The van der Waals surface area contributed by atoms with Crippen molar-refractivity contribution in [2.24, 2.45) is 0 Å². The van der Waals surface area contributed by atoms with Crippen LogP contribution in [0.4, 0.5) is 8.78 Å². The molecule has 96 valence electrons. The predicted octanol–water partition coefficient (Wildman–Crippen LogP) is 3.38. The highest BCUT2D eigenvalue weighted by Crippen LogP contribution is 2.17. The van der Waals surface area contributed by atoms with Crippen LogP contribution in [0, 0.1) is 0 Å². The topological polar surface area (TPSA) is 21.3 Å². The largest absolute Gasteiger partial charge is 0.374 e. The number of halogens is 3. The first-order valence-electron chi connectivity index (χ1n) is 5.44. The fourth-order valence-electron chi connectivity index (χ4n) is 1.41. The standard InChI is InChI=1S/C12H16BrF2NO/c1-9(10-3-2-4-11(13)7-10)16-5-6-17-8-12(14)15/h2-4,7,9,12,16H,5-6,8H2,1H3. The molecule has 0 spiro atoms. The first-order chi connectivity index (χ1) is 8.09. The normalized spacial score (nSPS) is 13.0. The van der Waals surface area contributed by atoms with Gasteiger partial charge in [-0.1, -0.05) is 28.1 Å². The van der Waals surface area contributed by atoms with Gasteiger partial charge in [-0.25, -0.2) is 8.78 Å². The third-order valence-electron chi connectivity index (χ3n) is 2.29. The second kappa shape index (κ2) is 7.74. The van der Waals surface area contributed by atoms with E-state index >= 15 is 0 Å². The quantitative estimate of drug-likeness (QED) is 0.780. The third-order valence-corrected chi connectivity index (χ3v) is 2.78. The van der Waals surface area contributed by atoms with E-state index in [4.69, 9.17) is 4.74 Å². The van der Waals surface area contributed by atoms with E-state index in [2.05, 4.69) is 21.2 Å². The van der Waals surface area contributed by atoms with Gasteiger partial charge in [-0.15, -0.1) is 0 Å². The Hall–Kier alpha value is -0.520. The molecule has 2 nitrogen and oxygen atoms in total. The first kappa shape index (κ1) is 14.5. The molecule has 0 aliphatic rings. The molecule has 0 amide bonds. The summed E-state index contributed by atoms with van der Waals surface area (Å²) in [6.45, 7) is 2.38. The van der Waals surface area contributed by atoms with Crippen LogP contribution in [0.25, 0.3) is 0 Å². The Labute approximate surface area is 108 Å². The van der Waals surface area contributed by atoms with E-state index in [1.807, 2.05) is 31.2 Å². The highest BCUT2D eigenvalue weighted by atomic mass is 79.9. The van der Waals surface area contributed by atoms with Crippen LogP contribution in [-0.4, -0.2) is 26.2 Å². The van der Waals surface area contributed by atoms with E-state index in [1.54, 1.807) is 0 Å². The second-order valence-electron chi connectivity index (χ2n) is 3.70. The zero-order valence-corrected chi connectivity index (χ0v) is 11.2. The fourth-order valence-corrected chi connectivity index (χ4v) is 1.83. The Morgan fingerprint density at radius 1 is 1.41 bits per heavy atom. The molecule has 17 heavy (non-hydrogen) atoms. The highest BCUT2D eigenvalue weighted by Gasteiger charge is 2.05. The summed E-state index contributed by atoms with van der Waals surface area (Å²) in [7, 11) is 0. The summed E-state index contributed by atoms with van der Waals surface area (Å²) in [5.41, 5.74) is 1.15. The van der Waals surface area contributed by atoms with E-state index in [9.17, 15) is 8.78 Å². The van der Waals surface area contributed by atoms with Crippen LogP contribution in [0.3, 0.4) is 0 Å². The molecule has 5 heteroatoms. The lowest BCUT2D eigenvalue weighted by atomic mass is 10.1. The Morgan fingerprint density at radius 3 is 2.82 bits per heavy atom. The van der Waals surface area contributed by atoms with Gasteiger partial charge in [-0.05, 0) is 24.6 Å². The van der Waals surface area contributed by atoms with Crippen LogP contribution in [0.15, 0.2) is 28.7 Å². The maximum atomic E-state index is 11.8. The van der Waals surface area contributed by atoms with Gasteiger partial charge in [0.25, 0.3) is 6.43 Å². The number of nitrogens with one attached hydrogen (secondary N) is 1. The lowest BCUT2D eigenvalue weighted by Crippen LogP contribution is -2.24. The summed E-state index contributed by atoms with van der Waals surface area (Å²) in [5.74, 6) is 0. The van der Waals surface area contributed by atoms with Gasteiger partial charge in [0.15, 0.2) is 0 Å². The van der Waals surface area contributed by atoms with Gasteiger partial charge in [0.05, 0.1) is 6.61 Å². The molecule has 1 unspecified atom stereocenters. The number of rotatable bonds is 7. The van der Waals surface area contributed by atoms with Crippen molar-refractivity contribution in [1.29, 1.82) is 0 Å². The van der Waals surface area contributed by atoms with E-state index in [0.29, 0.717) is 13.2 Å². The summed E-state index contributed by atoms with van der Waals surface area (Å²) in [6, 6.07) is 8.13. The molecule has 0 aliphatic heterocycles. The lowest BCUT2D eigenvalue weighted by Gasteiger charge is -2.14. The molecule has 1 atom stereocenters. The van der Waals surface area contributed by atoms with Gasteiger partial charge in [0.2, 0.25) is 0 Å². The third kappa shape index (κ3) is 6.10. The maximum Gasteiger partial charge on any atom is 0.261 e. The van der Waals surface area contributed by atoms with Crippen molar-refractivity contribution in [3.8, 4) is 0 Å². The molecule has 0 aliphatic carbocycles. The van der Waals surface area contributed by atoms with Crippen LogP contribution >= 0.6 is 15.9 Å². The summed E-state index contributed by atoms with van der Waals surface area (Å²) in [4.78, 5) is 0. The van der Waals surface area contributed by atoms with Crippen molar-refractivity contribution in [1.82, 2.24) is 5.32 Å². The summed E-state index contributed by atoms with van der Waals surface area (Å²) < 4.78 is 29.4. The molecular weight excluding hydrogens is 292 g/mol. The van der Waals surface area contributed by atoms with E-state index in [1.165, 1.54) is 0 Å². The molecule has 0 saturated heterocycles. The number of hydrogen-bond acceptors (Lipinski definition) is 2. The van der Waals surface area contributed by atoms with Crippen molar-refractivity contribution < 1.29 is 13.5 Å². The summed E-state index contributed by atoms with van der Waals surface area (Å²) in [5, 5.41) is 3.21. The molecular formula is C12H16BrF2NO. The summed E-state index contributed by atoms with van der Waals surface area (Å²) in [6.07, 6.45) is -2.39. The molecule has 1 aromatic carbocycles. The first-order valence-corrected chi connectivity index (χ1v) is 6.23. The van der Waals surface area contributed by atoms with Gasteiger partial charge in [0.1, 0.15) is 6.61 Å². The fraction of sp³-hybridized carbons (Fsp3) is 0.500. The molecule has 1 N–H and O–H groups in total. The minimum atomic E-state index is -2.39. The zero-order valence-electron chi connectivity index (χ0n) is 9.63. The van der Waals surface area contributed by atoms with Crippen molar-refractivity contribution in [3.63, 3.8) is 0 Å². The van der Waals surface area contributed by atoms with Crippen molar-refractivity contribution in [3.05, 3.63) is 34.3 Å². The van der Waals surface area contributed by atoms with Crippen LogP contribution in [-0.2, 0) is 4.74 Å². The van der Waals surface area contributed by atoms with Crippen molar-refractivity contribution in [2.45, 2.75) is 19.4 Å². The molecule has 1 rings (SSSR count). The smallest absolute Gasteiger partial charge is 0.261 e. The van der Waals surface area contributed by atoms with E-state index < -0.39 is 13.0 Å². The predicted molar refractivity (Wildman–Crippen MR) is 67.4 cm³/mol. The van der Waals surface area contributed by atoms with Crippen molar-refractivity contribution >= 4 is 15.9 Å².